The predicted octanol–water partition coefficient (Wildman–Crippen LogP) is 1.41. The normalized spacial score (nSPS) is 41.2. The molecule has 0 spiro atoms. The topological polar surface area (TPSA) is 50.1 Å². The lowest BCUT2D eigenvalue weighted by molar-refractivity contribution is -0.0262. The number of nitrogens with one attached hydrogen (secondary N) is 1. The standard InChI is InChI=1S/C18H24N3OP/c1-3-10-8-23-9-14-15(10)21(20-17(14)19-2)16-12-4-11-5-18(22,6-12)7-13(11)16/h3,9,11-13,16,22-23H,1,4-8H2,2H3,(H,19,20)/t11?,12?,13?,16-,18?/m1/s1. The van der Waals surface area contributed by atoms with Crippen LogP contribution in [0.5, 0.6) is 0 Å². The Labute approximate surface area is 138 Å². The van der Waals surface area contributed by atoms with Crippen molar-refractivity contribution in [2.45, 2.75) is 37.3 Å². The van der Waals surface area contributed by atoms with Crippen LogP contribution >= 0.6 is 8.58 Å². The van der Waals surface area contributed by atoms with Gasteiger partial charge in [-0.05, 0) is 61.0 Å². The van der Waals surface area contributed by atoms with E-state index in [9.17, 15) is 5.11 Å². The van der Waals surface area contributed by atoms with Gasteiger partial charge in [-0.2, -0.15) is 5.10 Å². The van der Waals surface area contributed by atoms with Crippen molar-refractivity contribution in [1.82, 2.24) is 9.78 Å². The zero-order valence-corrected chi connectivity index (χ0v) is 14.5. The SMILES string of the molecule is C=CC1=c2c(c(NC)nn2[C@@H]2C3CC4CC(O)(C3)CC42)=CPC1. The van der Waals surface area contributed by atoms with Crippen molar-refractivity contribution >= 4 is 25.8 Å². The van der Waals surface area contributed by atoms with Gasteiger partial charge in [0.15, 0.2) is 5.82 Å². The number of anilines is 1. The average molecular weight is 329 g/mol. The van der Waals surface area contributed by atoms with Crippen LogP contribution < -0.4 is 15.9 Å². The summed E-state index contributed by atoms with van der Waals surface area (Å²) in [4.78, 5) is 0. The van der Waals surface area contributed by atoms with Gasteiger partial charge in [0, 0.05) is 12.3 Å². The van der Waals surface area contributed by atoms with Gasteiger partial charge >= 0.3 is 0 Å². The Balaban J connectivity index is 1.72. The van der Waals surface area contributed by atoms with Crippen molar-refractivity contribution in [3.8, 4) is 0 Å². The van der Waals surface area contributed by atoms with Gasteiger partial charge in [-0.3, -0.25) is 4.68 Å². The van der Waals surface area contributed by atoms with Gasteiger partial charge in [0.2, 0.25) is 0 Å². The second-order valence-corrected chi connectivity index (χ2v) is 8.86. The highest BCUT2D eigenvalue weighted by Gasteiger charge is 2.61. The molecule has 1 aliphatic heterocycles. The molecule has 23 heavy (non-hydrogen) atoms. The third kappa shape index (κ3) is 1.82. The first-order valence-electron chi connectivity index (χ1n) is 8.71. The quantitative estimate of drug-likeness (QED) is 0.825. The second-order valence-electron chi connectivity index (χ2n) is 7.81. The zero-order chi connectivity index (χ0) is 15.8. The lowest BCUT2D eigenvalue weighted by Gasteiger charge is -2.38. The Hall–Kier alpha value is -1.12. The summed E-state index contributed by atoms with van der Waals surface area (Å²) in [6, 6.07) is 0.461. The minimum Gasteiger partial charge on any atom is -0.390 e. The minimum atomic E-state index is -0.369. The summed E-state index contributed by atoms with van der Waals surface area (Å²) in [5.74, 6) is 5.23. The van der Waals surface area contributed by atoms with Crippen molar-refractivity contribution in [1.29, 1.82) is 0 Å². The molecule has 1 aromatic heterocycles. The largest absolute Gasteiger partial charge is 0.390 e. The molecule has 0 amide bonds. The molecular weight excluding hydrogens is 305 g/mol. The molecule has 5 heteroatoms. The number of fused-ring (bicyclic) bond motifs is 1. The van der Waals surface area contributed by atoms with Crippen molar-refractivity contribution in [3.05, 3.63) is 23.2 Å². The number of allylic oxidation sites excluding steroid dienone is 1. The molecule has 2 heterocycles. The van der Waals surface area contributed by atoms with E-state index in [0.29, 0.717) is 23.8 Å². The third-order valence-corrected chi connectivity index (χ3v) is 7.67. The highest BCUT2D eigenvalue weighted by molar-refractivity contribution is 7.48. The van der Waals surface area contributed by atoms with E-state index in [4.69, 9.17) is 5.10 Å². The Bertz CT molecular complexity index is 809. The highest BCUT2D eigenvalue weighted by Crippen LogP contribution is 2.63. The van der Waals surface area contributed by atoms with Crippen molar-refractivity contribution in [2.75, 3.05) is 18.5 Å². The molecule has 122 valence electrons. The number of nitrogens with zero attached hydrogens (tertiary/aromatic N) is 2. The van der Waals surface area contributed by atoms with Crippen LogP contribution in [-0.2, 0) is 0 Å². The van der Waals surface area contributed by atoms with Crippen molar-refractivity contribution in [3.63, 3.8) is 0 Å². The number of hydrogen-bond acceptors (Lipinski definition) is 3. The van der Waals surface area contributed by atoms with Crippen LogP contribution in [0.2, 0.25) is 0 Å². The molecule has 6 rings (SSSR count). The maximum absolute atomic E-state index is 10.7. The molecule has 2 N–H and O–H groups in total. The fourth-order valence-electron chi connectivity index (χ4n) is 5.92. The lowest BCUT2D eigenvalue weighted by atomic mass is 9.76. The van der Waals surface area contributed by atoms with E-state index >= 15 is 0 Å². The summed E-state index contributed by atoms with van der Waals surface area (Å²) in [6.45, 7) is 4.04. The number of hydrogen-bond donors (Lipinski definition) is 2. The third-order valence-electron chi connectivity index (χ3n) is 6.59. The monoisotopic (exact) mass is 329 g/mol. The van der Waals surface area contributed by atoms with Gasteiger partial charge in [-0.25, -0.2) is 0 Å². The fraction of sp³-hybridized carbons (Fsp3) is 0.611. The Morgan fingerprint density at radius 1 is 1.43 bits per heavy atom. The molecule has 4 nitrogen and oxygen atoms in total. The maximum Gasteiger partial charge on any atom is 0.155 e. The van der Waals surface area contributed by atoms with Gasteiger partial charge in [0.05, 0.1) is 17.0 Å². The molecule has 6 atom stereocenters. The van der Waals surface area contributed by atoms with Crippen LogP contribution in [0.25, 0.3) is 11.4 Å². The molecule has 4 saturated carbocycles. The Morgan fingerprint density at radius 3 is 3.00 bits per heavy atom. The molecule has 5 aliphatic rings. The molecule has 0 radical (unpaired) electrons. The number of rotatable bonds is 3. The molecule has 1 aromatic rings. The van der Waals surface area contributed by atoms with E-state index in [1.807, 2.05) is 13.1 Å². The van der Waals surface area contributed by atoms with E-state index in [2.05, 4.69) is 22.4 Å². The summed E-state index contributed by atoms with van der Waals surface area (Å²) < 4.78 is 2.32. The van der Waals surface area contributed by atoms with Crippen LogP contribution in [-0.4, -0.2) is 33.7 Å². The predicted molar refractivity (Wildman–Crippen MR) is 95.2 cm³/mol. The molecule has 4 bridgehead atoms. The Morgan fingerprint density at radius 2 is 2.26 bits per heavy atom. The lowest BCUT2D eigenvalue weighted by Crippen LogP contribution is -2.43. The molecule has 4 aliphatic carbocycles. The first-order valence-corrected chi connectivity index (χ1v) is 10.00. The van der Waals surface area contributed by atoms with Gasteiger partial charge in [0.1, 0.15) is 0 Å². The molecule has 5 unspecified atom stereocenters. The van der Waals surface area contributed by atoms with E-state index in [1.54, 1.807) is 0 Å². The van der Waals surface area contributed by atoms with Gasteiger partial charge in [-0.1, -0.05) is 21.2 Å². The van der Waals surface area contributed by atoms with E-state index in [0.717, 1.165) is 39.8 Å². The summed E-state index contributed by atoms with van der Waals surface area (Å²) >= 11 is 0. The van der Waals surface area contributed by atoms with Crippen LogP contribution in [0, 0.1) is 17.8 Å². The second kappa shape index (κ2) is 4.70. The zero-order valence-electron chi connectivity index (χ0n) is 13.5. The highest BCUT2D eigenvalue weighted by atomic mass is 31.1. The molecule has 4 fully saturated rings. The maximum atomic E-state index is 10.7. The summed E-state index contributed by atoms with van der Waals surface area (Å²) in [6.07, 6.45) is 7.32. The summed E-state index contributed by atoms with van der Waals surface area (Å²) in [5.41, 5.74) is 0.970. The van der Waals surface area contributed by atoms with Crippen molar-refractivity contribution < 1.29 is 5.11 Å². The van der Waals surface area contributed by atoms with Crippen molar-refractivity contribution in [2.24, 2.45) is 17.8 Å². The average Bonchev–Trinajstić information content (AvgIpc) is 3.10. The van der Waals surface area contributed by atoms with E-state index < -0.39 is 0 Å². The van der Waals surface area contributed by atoms with Gasteiger partial charge in [0.25, 0.3) is 0 Å². The summed E-state index contributed by atoms with van der Waals surface area (Å²) in [5, 5.41) is 21.5. The van der Waals surface area contributed by atoms with Crippen LogP contribution in [0.15, 0.2) is 12.7 Å². The first kappa shape index (κ1) is 14.2. The Kier molecular flexibility index (Phi) is 2.91. The number of aliphatic hydroxyl groups is 1. The van der Waals surface area contributed by atoms with E-state index in [-0.39, 0.29) is 5.60 Å². The molecule has 0 saturated heterocycles. The summed E-state index contributed by atoms with van der Waals surface area (Å²) in [7, 11) is 2.77. The van der Waals surface area contributed by atoms with Crippen LogP contribution in [0.1, 0.15) is 31.7 Å². The van der Waals surface area contributed by atoms with Gasteiger partial charge < -0.3 is 10.4 Å². The van der Waals surface area contributed by atoms with Gasteiger partial charge in [-0.15, -0.1) is 0 Å². The van der Waals surface area contributed by atoms with Crippen LogP contribution in [0.3, 0.4) is 0 Å². The first-order chi connectivity index (χ1) is 11.1. The van der Waals surface area contributed by atoms with E-state index in [1.165, 1.54) is 22.6 Å². The minimum absolute atomic E-state index is 0.369. The van der Waals surface area contributed by atoms with Crippen LogP contribution in [0.4, 0.5) is 5.82 Å². The smallest absolute Gasteiger partial charge is 0.155 e. The number of aromatic nitrogens is 2. The molecular formula is C18H24N3OP. The fourth-order valence-corrected chi connectivity index (χ4v) is 7.03. The molecule has 0 aromatic carbocycles.